The summed E-state index contributed by atoms with van der Waals surface area (Å²) in [4.78, 5) is 31.5. The topological polar surface area (TPSA) is 94.6 Å². The van der Waals surface area contributed by atoms with Gasteiger partial charge >= 0.3 is 12.1 Å². The number of likely N-dealkylation sites (tertiary alicyclic amines) is 1. The molecule has 1 fully saturated rings. The van der Waals surface area contributed by atoms with E-state index in [1.165, 1.54) is 11.6 Å². The number of aryl methyl sites for hydroxylation is 2. The fourth-order valence-electron chi connectivity index (χ4n) is 5.16. The van der Waals surface area contributed by atoms with E-state index in [9.17, 15) is 27.9 Å². The number of hydrogen-bond donors (Lipinski definition) is 3. The fraction of sp³-hybridized carbons (Fsp3) is 0.519. The van der Waals surface area contributed by atoms with Gasteiger partial charge in [-0.1, -0.05) is 17.7 Å². The number of carboxylic acid groups (broad SMARTS) is 1. The largest absolute Gasteiger partial charge is 0.481 e. The van der Waals surface area contributed by atoms with Crippen LogP contribution in [0.25, 0.3) is 0 Å². The van der Waals surface area contributed by atoms with Crippen molar-refractivity contribution >= 4 is 41.7 Å². The van der Waals surface area contributed by atoms with Gasteiger partial charge in [0.2, 0.25) is 5.91 Å². The molecule has 1 saturated heterocycles. The summed E-state index contributed by atoms with van der Waals surface area (Å²) in [5.74, 6) is -1.01. The van der Waals surface area contributed by atoms with Crippen LogP contribution in [-0.4, -0.2) is 53.0 Å². The van der Waals surface area contributed by atoms with Crippen LogP contribution < -0.4 is 10.6 Å². The summed E-state index contributed by atoms with van der Waals surface area (Å²) in [6.07, 6.45) is 0.0870. The number of fused-ring (bicyclic) bond motifs is 1. The summed E-state index contributed by atoms with van der Waals surface area (Å²) in [6, 6.07) is 5.97. The van der Waals surface area contributed by atoms with Crippen molar-refractivity contribution in [3.8, 4) is 0 Å². The molecule has 3 N–H and O–H groups in total. The van der Waals surface area contributed by atoms with Crippen LogP contribution in [0.4, 0.5) is 19.0 Å². The molecule has 3 heterocycles. The number of amides is 1. The molecule has 0 aliphatic carbocycles. The number of nitrogens with one attached hydrogen (secondary N) is 2. The second-order valence-electron chi connectivity index (χ2n) is 10.0. The Balaban J connectivity index is 0.00000420. The van der Waals surface area contributed by atoms with Gasteiger partial charge in [0.1, 0.15) is 5.82 Å². The molecule has 0 radical (unpaired) electrons. The smallest absolute Gasteiger partial charge is 0.416 e. The van der Waals surface area contributed by atoms with Crippen LogP contribution in [0.2, 0.25) is 5.02 Å². The molecule has 0 spiro atoms. The van der Waals surface area contributed by atoms with Gasteiger partial charge in [-0.05, 0) is 87.0 Å². The van der Waals surface area contributed by atoms with Gasteiger partial charge in [-0.3, -0.25) is 9.59 Å². The first-order chi connectivity index (χ1) is 18.1. The monoisotopic (exact) mass is 588 g/mol. The van der Waals surface area contributed by atoms with Crippen molar-refractivity contribution in [3.63, 3.8) is 0 Å². The summed E-state index contributed by atoms with van der Waals surface area (Å²) in [5, 5.41) is 15.2. The standard InChI is InChI=1S/C27H32ClF3N4O3.ClH/c28-21-13-19(12-20(14-21)27(29,30)31)23(15-24(36)37)34-26(38)18-5-2-10-35(16-18)11-3-6-22-8-7-17-4-1-9-32-25(17)33-22;/h7-8,12-14,18,23H,1-6,9-11,15-16H2,(H,32,33)(H,34,38)(H,36,37);1H. The predicted molar refractivity (Wildman–Crippen MR) is 145 cm³/mol. The van der Waals surface area contributed by atoms with E-state index in [1.807, 2.05) is 0 Å². The molecule has 1 amide bonds. The fourth-order valence-corrected chi connectivity index (χ4v) is 5.40. The summed E-state index contributed by atoms with van der Waals surface area (Å²) in [7, 11) is 0. The van der Waals surface area contributed by atoms with Crippen molar-refractivity contribution in [2.45, 2.75) is 57.2 Å². The van der Waals surface area contributed by atoms with Crippen molar-refractivity contribution in [2.75, 3.05) is 31.5 Å². The van der Waals surface area contributed by atoms with E-state index in [0.29, 0.717) is 13.0 Å². The average molecular weight is 589 g/mol. The third-order valence-electron chi connectivity index (χ3n) is 7.08. The molecule has 2 aliphatic heterocycles. The maximum Gasteiger partial charge on any atom is 0.416 e. The number of carbonyl (C=O) groups excluding carboxylic acids is 1. The minimum absolute atomic E-state index is 0. The molecular weight excluding hydrogens is 556 g/mol. The first kappa shape index (κ1) is 31.0. The average Bonchev–Trinajstić information content (AvgIpc) is 2.87. The zero-order valence-electron chi connectivity index (χ0n) is 21.4. The first-order valence-corrected chi connectivity index (χ1v) is 13.3. The number of anilines is 1. The number of hydrogen-bond acceptors (Lipinski definition) is 5. The second kappa shape index (κ2) is 13.7. The van der Waals surface area contributed by atoms with Gasteiger partial charge in [0.05, 0.1) is 23.9 Å². The van der Waals surface area contributed by atoms with Crippen LogP contribution >= 0.6 is 24.0 Å². The highest BCUT2D eigenvalue weighted by Gasteiger charge is 2.33. The highest BCUT2D eigenvalue weighted by molar-refractivity contribution is 6.30. The minimum atomic E-state index is -4.65. The number of nitrogens with zero attached hydrogens (tertiary/aromatic N) is 2. The molecule has 2 aromatic rings. The summed E-state index contributed by atoms with van der Waals surface area (Å²) >= 11 is 5.89. The molecule has 0 saturated carbocycles. The van der Waals surface area contributed by atoms with Gasteiger partial charge < -0.3 is 20.6 Å². The third-order valence-corrected chi connectivity index (χ3v) is 7.30. The molecule has 1 aromatic carbocycles. The lowest BCUT2D eigenvalue weighted by atomic mass is 9.95. The van der Waals surface area contributed by atoms with Crippen LogP contribution in [0.3, 0.4) is 0 Å². The lowest BCUT2D eigenvalue weighted by Crippen LogP contribution is -2.44. The van der Waals surface area contributed by atoms with E-state index >= 15 is 0 Å². The Morgan fingerprint density at radius 1 is 1.23 bits per heavy atom. The lowest BCUT2D eigenvalue weighted by Gasteiger charge is -2.33. The van der Waals surface area contributed by atoms with Crippen LogP contribution in [0, 0.1) is 5.92 Å². The summed E-state index contributed by atoms with van der Waals surface area (Å²) in [5.41, 5.74) is 1.30. The Hall–Kier alpha value is -2.56. The number of carboxylic acids is 1. The molecule has 2 aliphatic rings. The summed E-state index contributed by atoms with van der Waals surface area (Å²) < 4.78 is 39.8. The van der Waals surface area contributed by atoms with Gasteiger partial charge in [-0.25, -0.2) is 4.98 Å². The quantitative estimate of drug-likeness (QED) is 0.357. The van der Waals surface area contributed by atoms with E-state index in [-0.39, 0.29) is 34.8 Å². The van der Waals surface area contributed by atoms with E-state index < -0.39 is 30.2 Å². The number of rotatable bonds is 9. The van der Waals surface area contributed by atoms with Crippen LogP contribution in [-0.2, 0) is 28.6 Å². The number of alkyl halides is 3. The normalized spacial score (nSPS) is 18.3. The van der Waals surface area contributed by atoms with Crippen molar-refractivity contribution < 1.29 is 27.9 Å². The minimum Gasteiger partial charge on any atom is -0.481 e. The number of piperidine rings is 1. The molecule has 1 aromatic heterocycles. The molecule has 214 valence electrons. The van der Waals surface area contributed by atoms with Crippen molar-refractivity contribution in [1.29, 1.82) is 0 Å². The molecule has 12 heteroatoms. The Morgan fingerprint density at radius 3 is 2.77 bits per heavy atom. The molecule has 2 unspecified atom stereocenters. The molecule has 0 bridgehead atoms. The molecular formula is C27H33Cl2F3N4O3. The number of carbonyl (C=O) groups is 2. The SMILES string of the molecule is Cl.O=C(O)CC(NC(=O)C1CCCN(CCCc2ccc3c(n2)NCCC3)C1)c1cc(Cl)cc(C(F)(F)F)c1. The Kier molecular flexibility index (Phi) is 10.9. The maximum absolute atomic E-state index is 13.3. The number of aromatic nitrogens is 1. The number of aliphatic carboxylic acids is 1. The Labute approximate surface area is 236 Å². The zero-order chi connectivity index (χ0) is 27.3. The predicted octanol–water partition coefficient (Wildman–Crippen LogP) is 5.51. The first-order valence-electron chi connectivity index (χ1n) is 12.9. The van der Waals surface area contributed by atoms with Gasteiger partial charge in [0.25, 0.3) is 0 Å². The molecule has 4 rings (SSSR count). The molecule has 39 heavy (non-hydrogen) atoms. The third kappa shape index (κ3) is 8.71. The van der Waals surface area contributed by atoms with Crippen LogP contribution in [0.5, 0.6) is 0 Å². The highest BCUT2D eigenvalue weighted by atomic mass is 35.5. The van der Waals surface area contributed by atoms with Gasteiger partial charge in [0.15, 0.2) is 0 Å². The zero-order valence-corrected chi connectivity index (χ0v) is 23.0. The van der Waals surface area contributed by atoms with E-state index in [0.717, 1.165) is 75.4 Å². The second-order valence-corrected chi connectivity index (χ2v) is 10.5. The lowest BCUT2D eigenvalue weighted by molar-refractivity contribution is -0.138. The number of pyridine rings is 1. The maximum atomic E-state index is 13.3. The van der Waals surface area contributed by atoms with Crippen molar-refractivity contribution in [3.05, 3.63) is 57.7 Å². The van der Waals surface area contributed by atoms with Crippen LogP contribution in [0.1, 0.15) is 60.5 Å². The molecule has 7 nitrogen and oxygen atoms in total. The molecule has 2 atom stereocenters. The number of halogens is 5. The van der Waals surface area contributed by atoms with E-state index in [4.69, 9.17) is 16.6 Å². The highest BCUT2D eigenvalue weighted by Crippen LogP contribution is 2.34. The Bertz CT molecular complexity index is 1170. The van der Waals surface area contributed by atoms with E-state index in [2.05, 4.69) is 27.7 Å². The van der Waals surface area contributed by atoms with Gasteiger partial charge in [-0.15, -0.1) is 12.4 Å². The van der Waals surface area contributed by atoms with Crippen LogP contribution in [0.15, 0.2) is 30.3 Å². The van der Waals surface area contributed by atoms with Crippen molar-refractivity contribution in [1.82, 2.24) is 15.2 Å². The van der Waals surface area contributed by atoms with Gasteiger partial charge in [-0.2, -0.15) is 13.2 Å². The van der Waals surface area contributed by atoms with E-state index in [1.54, 1.807) is 0 Å². The summed E-state index contributed by atoms with van der Waals surface area (Å²) in [6.45, 7) is 3.09. The Morgan fingerprint density at radius 2 is 2.03 bits per heavy atom. The van der Waals surface area contributed by atoms with Gasteiger partial charge in [0, 0.05) is 23.8 Å². The number of benzene rings is 1. The van der Waals surface area contributed by atoms with Crippen molar-refractivity contribution in [2.24, 2.45) is 5.92 Å².